The van der Waals surface area contributed by atoms with Crippen LogP contribution in [0.25, 0.3) is 0 Å². The monoisotopic (exact) mass is 311 g/mol. The minimum absolute atomic E-state index is 0.0697. The molecule has 0 bridgehead atoms. The van der Waals surface area contributed by atoms with E-state index in [4.69, 9.17) is 10.5 Å². The summed E-state index contributed by atoms with van der Waals surface area (Å²) in [5.41, 5.74) is 5.95. The number of methoxy groups -OCH3 is 1. The van der Waals surface area contributed by atoms with Gasteiger partial charge < -0.3 is 21.1 Å². The summed E-state index contributed by atoms with van der Waals surface area (Å²) >= 11 is 1.05. The molecule has 0 radical (unpaired) electrons. The number of thiophene rings is 1. The van der Waals surface area contributed by atoms with E-state index in [1.165, 1.54) is 14.2 Å². The summed E-state index contributed by atoms with van der Waals surface area (Å²) in [5.74, 6) is -0.0882. The van der Waals surface area contributed by atoms with E-state index < -0.39 is 12.6 Å². The first-order valence-electron chi connectivity index (χ1n) is 5.79. The summed E-state index contributed by atoms with van der Waals surface area (Å²) in [6.45, 7) is 0.114. The average molecular weight is 311 g/mol. The van der Waals surface area contributed by atoms with Gasteiger partial charge in [-0.1, -0.05) is 0 Å². The van der Waals surface area contributed by atoms with Crippen LogP contribution in [0, 0.1) is 0 Å². The van der Waals surface area contributed by atoms with Crippen molar-refractivity contribution in [2.45, 2.75) is 19.0 Å². The lowest BCUT2D eigenvalue weighted by molar-refractivity contribution is -0.134. The molecule has 1 amide bonds. The highest BCUT2D eigenvalue weighted by atomic mass is 32.1. The molecule has 0 aliphatic heterocycles. The van der Waals surface area contributed by atoms with Crippen molar-refractivity contribution in [3.63, 3.8) is 0 Å². The van der Waals surface area contributed by atoms with Crippen molar-refractivity contribution < 1.29 is 22.7 Å². The number of halogens is 3. The topological polar surface area (TPSA) is 76.4 Å². The molecule has 0 unspecified atom stereocenters. The Morgan fingerprint density at radius 1 is 1.45 bits per heavy atom. The third kappa shape index (κ3) is 4.19. The number of ether oxygens (including phenoxy) is 1. The number of alkyl halides is 3. The van der Waals surface area contributed by atoms with Crippen molar-refractivity contribution in [2.24, 2.45) is 0 Å². The zero-order valence-corrected chi connectivity index (χ0v) is 11.9. The van der Waals surface area contributed by atoms with Crippen LogP contribution in [0.1, 0.15) is 22.5 Å². The van der Waals surface area contributed by atoms with Crippen LogP contribution in [0.4, 0.5) is 23.9 Å². The Morgan fingerprint density at radius 2 is 2.10 bits per heavy atom. The third-order valence-corrected chi connectivity index (χ3v) is 3.60. The first kappa shape index (κ1) is 16.4. The lowest BCUT2D eigenvalue weighted by Crippen LogP contribution is -2.17. The van der Waals surface area contributed by atoms with Crippen LogP contribution in [0.2, 0.25) is 0 Å². The fraction of sp³-hybridized carbons (Fsp3) is 0.545. The van der Waals surface area contributed by atoms with Crippen LogP contribution in [0.3, 0.4) is 0 Å². The van der Waals surface area contributed by atoms with E-state index in [1.54, 1.807) is 0 Å². The van der Waals surface area contributed by atoms with Crippen LogP contribution in [0.5, 0.6) is 5.75 Å². The highest BCUT2D eigenvalue weighted by molar-refractivity contribution is 7.19. The largest absolute Gasteiger partial charge is 0.492 e. The number of nitrogen functional groups attached to an aromatic ring is 1. The second-order valence-electron chi connectivity index (χ2n) is 3.93. The van der Waals surface area contributed by atoms with E-state index in [0.717, 1.165) is 11.3 Å². The van der Waals surface area contributed by atoms with Crippen molar-refractivity contribution in [2.75, 3.05) is 31.8 Å². The number of carbonyl (C=O) groups excluding carboxylic acids is 1. The molecule has 0 aromatic carbocycles. The SMILES string of the molecule is CNC(=O)c1sc(NCCCC(F)(F)F)c(OC)c1N. The Kier molecular flexibility index (Phi) is 5.49. The maximum absolute atomic E-state index is 12.0. The van der Waals surface area contributed by atoms with Gasteiger partial charge in [0.05, 0.1) is 7.11 Å². The molecule has 0 atom stereocenters. The average Bonchev–Trinajstić information content (AvgIpc) is 2.69. The van der Waals surface area contributed by atoms with Gasteiger partial charge in [-0.05, 0) is 6.42 Å². The summed E-state index contributed by atoms with van der Waals surface area (Å²) in [7, 11) is 2.84. The molecule has 4 N–H and O–H groups in total. The van der Waals surface area contributed by atoms with Crippen molar-refractivity contribution in [1.29, 1.82) is 0 Å². The predicted molar refractivity (Wildman–Crippen MR) is 72.5 cm³/mol. The van der Waals surface area contributed by atoms with Gasteiger partial charge in [-0.2, -0.15) is 13.2 Å². The molecule has 20 heavy (non-hydrogen) atoms. The Morgan fingerprint density at radius 3 is 2.60 bits per heavy atom. The zero-order valence-electron chi connectivity index (χ0n) is 11.1. The van der Waals surface area contributed by atoms with Crippen molar-refractivity contribution >= 4 is 27.9 Å². The maximum Gasteiger partial charge on any atom is 0.389 e. The second-order valence-corrected chi connectivity index (χ2v) is 4.95. The van der Waals surface area contributed by atoms with Gasteiger partial charge in [0, 0.05) is 20.0 Å². The van der Waals surface area contributed by atoms with E-state index in [1.807, 2.05) is 0 Å². The van der Waals surface area contributed by atoms with Crippen LogP contribution in [-0.4, -0.2) is 32.8 Å². The predicted octanol–water partition coefficient (Wildman–Crippen LogP) is 2.45. The highest BCUT2D eigenvalue weighted by Gasteiger charge is 2.26. The summed E-state index contributed by atoms with van der Waals surface area (Å²) in [5, 5.41) is 5.69. The van der Waals surface area contributed by atoms with Gasteiger partial charge in [-0.25, -0.2) is 0 Å². The molecule has 0 aliphatic carbocycles. The Hall–Kier alpha value is -1.64. The van der Waals surface area contributed by atoms with Crippen LogP contribution < -0.4 is 21.1 Å². The van der Waals surface area contributed by atoms with E-state index in [0.29, 0.717) is 5.00 Å². The number of hydrogen-bond donors (Lipinski definition) is 3. The van der Waals surface area contributed by atoms with Crippen molar-refractivity contribution in [1.82, 2.24) is 5.32 Å². The summed E-state index contributed by atoms with van der Waals surface area (Å²) in [6, 6.07) is 0. The second kappa shape index (κ2) is 6.69. The van der Waals surface area contributed by atoms with Gasteiger partial charge in [-0.3, -0.25) is 4.79 Å². The molecule has 1 heterocycles. The molecule has 0 fully saturated rings. The van der Waals surface area contributed by atoms with Crippen LogP contribution in [-0.2, 0) is 0 Å². The van der Waals surface area contributed by atoms with Crippen molar-refractivity contribution in [3.8, 4) is 5.75 Å². The van der Waals surface area contributed by atoms with Gasteiger partial charge in [0.1, 0.15) is 15.6 Å². The molecular weight excluding hydrogens is 295 g/mol. The number of nitrogens with two attached hydrogens (primary N) is 1. The normalized spacial score (nSPS) is 11.2. The Labute approximate surface area is 118 Å². The molecule has 0 saturated carbocycles. The van der Waals surface area contributed by atoms with Gasteiger partial charge in [0.25, 0.3) is 5.91 Å². The van der Waals surface area contributed by atoms with Gasteiger partial charge in [0.2, 0.25) is 0 Å². The molecule has 114 valence electrons. The number of carbonyl (C=O) groups is 1. The van der Waals surface area contributed by atoms with Crippen LogP contribution >= 0.6 is 11.3 Å². The maximum atomic E-state index is 12.0. The first-order chi connectivity index (χ1) is 9.30. The fourth-order valence-electron chi connectivity index (χ4n) is 1.52. The molecule has 5 nitrogen and oxygen atoms in total. The minimum Gasteiger partial charge on any atom is -0.492 e. The quantitative estimate of drug-likeness (QED) is 0.705. The Balaban J connectivity index is 2.72. The molecule has 9 heteroatoms. The molecule has 0 spiro atoms. The number of nitrogens with one attached hydrogen (secondary N) is 2. The molecule has 1 aromatic rings. The van der Waals surface area contributed by atoms with E-state index >= 15 is 0 Å². The third-order valence-electron chi connectivity index (χ3n) is 2.46. The van der Waals surface area contributed by atoms with E-state index in [-0.39, 0.29) is 35.2 Å². The van der Waals surface area contributed by atoms with Gasteiger partial charge in [-0.15, -0.1) is 11.3 Å². The zero-order chi connectivity index (χ0) is 15.3. The Bertz CT molecular complexity index is 474. The van der Waals surface area contributed by atoms with Gasteiger partial charge >= 0.3 is 6.18 Å². The van der Waals surface area contributed by atoms with E-state index in [2.05, 4.69) is 10.6 Å². The minimum atomic E-state index is -4.17. The number of anilines is 2. The smallest absolute Gasteiger partial charge is 0.389 e. The summed E-state index contributed by atoms with van der Waals surface area (Å²) in [6.07, 6.45) is -5.11. The molecule has 1 rings (SSSR count). The standard InChI is InChI=1S/C11H16F3N3O2S/c1-16-9(18)8-6(15)7(19-2)10(20-8)17-5-3-4-11(12,13)14/h17H,3-5,15H2,1-2H3,(H,16,18). The lowest BCUT2D eigenvalue weighted by atomic mass is 10.3. The van der Waals surface area contributed by atoms with Gasteiger partial charge in [0.15, 0.2) is 5.75 Å². The van der Waals surface area contributed by atoms with Crippen molar-refractivity contribution in [3.05, 3.63) is 4.88 Å². The summed E-state index contributed by atoms with van der Waals surface area (Å²) in [4.78, 5) is 11.8. The molecule has 0 aliphatic rings. The van der Waals surface area contributed by atoms with Crippen LogP contribution in [0.15, 0.2) is 0 Å². The number of hydrogen-bond acceptors (Lipinski definition) is 5. The molecule has 1 aromatic heterocycles. The lowest BCUT2D eigenvalue weighted by Gasteiger charge is -2.08. The molecular formula is C11H16F3N3O2S. The molecule has 0 saturated heterocycles. The van der Waals surface area contributed by atoms with E-state index in [9.17, 15) is 18.0 Å². The summed E-state index contributed by atoms with van der Waals surface area (Å²) < 4.78 is 41.1. The number of amides is 1. The fourth-order valence-corrected chi connectivity index (χ4v) is 2.58. The first-order valence-corrected chi connectivity index (χ1v) is 6.60. The number of rotatable bonds is 6. The highest BCUT2D eigenvalue weighted by Crippen LogP contribution is 2.42.